The molecular weight excluding hydrogens is 232 g/mol. The van der Waals surface area contributed by atoms with Crippen LogP contribution in [0.4, 0.5) is 0 Å². The van der Waals surface area contributed by atoms with Gasteiger partial charge in [0.05, 0.1) is 12.0 Å². The summed E-state index contributed by atoms with van der Waals surface area (Å²) in [6.07, 6.45) is 3.63. The van der Waals surface area contributed by atoms with Crippen molar-refractivity contribution in [1.82, 2.24) is 0 Å². The van der Waals surface area contributed by atoms with Crippen LogP contribution in [0.25, 0.3) is 0 Å². The maximum absolute atomic E-state index is 11.9. The fourth-order valence-corrected chi connectivity index (χ4v) is 2.76. The summed E-state index contributed by atoms with van der Waals surface area (Å²) in [5.74, 6) is -0.703. The van der Waals surface area contributed by atoms with Crippen LogP contribution in [-0.4, -0.2) is 30.1 Å². The topological polar surface area (TPSA) is 44.8 Å². The number of esters is 1. The highest BCUT2D eigenvalue weighted by atomic mass is 16.8. The van der Waals surface area contributed by atoms with Crippen molar-refractivity contribution in [2.45, 2.75) is 77.5 Å². The van der Waals surface area contributed by atoms with Gasteiger partial charge in [-0.15, -0.1) is 0 Å². The lowest BCUT2D eigenvalue weighted by Crippen LogP contribution is -2.38. The van der Waals surface area contributed by atoms with E-state index >= 15 is 0 Å². The van der Waals surface area contributed by atoms with Gasteiger partial charge in [0.2, 0.25) is 0 Å². The SMILES string of the molecule is C[C@@H]1OC(=O)[C@@H](C)CCCC[C@@H]2OC(C)(C)O[C@@H]12. The summed E-state index contributed by atoms with van der Waals surface area (Å²) >= 11 is 0. The number of ether oxygens (including phenoxy) is 3. The van der Waals surface area contributed by atoms with E-state index in [1.165, 1.54) is 0 Å². The molecule has 4 atom stereocenters. The largest absolute Gasteiger partial charge is 0.460 e. The smallest absolute Gasteiger partial charge is 0.309 e. The number of carbonyl (C=O) groups is 1. The first-order valence-electron chi connectivity index (χ1n) is 6.95. The summed E-state index contributed by atoms with van der Waals surface area (Å²) in [5, 5.41) is 0. The van der Waals surface area contributed by atoms with E-state index in [-0.39, 0.29) is 30.2 Å². The Labute approximate surface area is 109 Å². The zero-order chi connectivity index (χ0) is 13.3. The summed E-state index contributed by atoms with van der Waals surface area (Å²) in [5.41, 5.74) is 0. The van der Waals surface area contributed by atoms with Crippen molar-refractivity contribution in [3.05, 3.63) is 0 Å². The van der Waals surface area contributed by atoms with Crippen molar-refractivity contribution in [1.29, 1.82) is 0 Å². The van der Waals surface area contributed by atoms with Crippen LogP contribution in [0.1, 0.15) is 53.4 Å². The molecule has 2 aliphatic rings. The molecule has 2 saturated heterocycles. The van der Waals surface area contributed by atoms with Crippen LogP contribution in [0.5, 0.6) is 0 Å². The molecule has 0 unspecified atom stereocenters. The second-order valence-corrected chi connectivity index (χ2v) is 5.97. The first-order chi connectivity index (χ1) is 8.39. The van der Waals surface area contributed by atoms with E-state index in [0.717, 1.165) is 25.7 Å². The van der Waals surface area contributed by atoms with E-state index in [2.05, 4.69) is 0 Å². The lowest BCUT2D eigenvalue weighted by atomic mass is 9.97. The first-order valence-corrected chi connectivity index (χ1v) is 6.95. The van der Waals surface area contributed by atoms with Gasteiger partial charge in [0, 0.05) is 0 Å². The molecule has 0 amide bonds. The molecule has 104 valence electrons. The number of cyclic esters (lactones) is 1. The van der Waals surface area contributed by atoms with Gasteiger partial charge in [0.25, 0.3) is 0 Å². The molecule has 2 rings (SSSR count). The highest BCUT2D eigenvalue weighted by molar-refractivity contribution is 5.72. The normalized spacial score (nSPS) is 41.0. The number of fused-ring (bicyclic) bond motifs is 1. The molecule has 0 saturated carbocycles. The van der Waals surface area contributed by atoms with Gasteiger partial charge < -0.3 is 14.2 Å². The summed E-state index contributed by atoms with van der Waals surface area (Å²) in [6, 6.07) is 0. The molecule has 0 bridgehead atoms. The van der Waals surface area contributed by atoms with E-state index < -0.39 is 5.79 Å². The lowest BCUT2D eigenvalue weighted by molar-refractivity contribution is -0.171. The van der Waals surface area contributed by atoms with Crippen molar-refractivity contribution in [2.75, 3.05) is 0 Å². The highest BCUT2D eigenvalue weighted by Gasteiger charge is 2.45. The Bertz CT molecular complexity index is 313. The van der Waals surface area contributed by atoms with Crippen molar-refractivity contribution in [3.63, 3.8) is 0 Å². The summed E-state index contributed by atoms with van der Waals surface area (Å²) < 4.78 is 17.3. The molecule has 2 fully saturated rings. The van der Waals surface area contributed by atoms with Crippen LogP contribution in [0.3, 0.4) is 0 Å². The standard InChI is InChI=1S/C14H24O4/c1-9-7-5-6-8-11-12(10(2)16-13(9)15)18-14(3,4)17-11/h9-12H,5-8H2,1-4H3/t9-,10-,11-,12-/m0/s1. The number of carbonyl (C=O) groups excluding carboxylic acids is 1. The molecule has 0 aromatic heterocycles. The number of rotatable bonds is 0. The second kappa shape index (κ2) is 5.17. The van der Waals surface area contributed by atoms with E-state index in [1.807, 2.05) is 27.7 Å². The van der Waals surface area contributed by atoms with Crippen LogP contribution < -0.4 is 0 Å². The maximum Gasteiger partial charge on any atom is 0.309 e. The fraction of sp³-hybridized carbons (Fsp3) is 0.929. The van der Waals surface area contributed by atoms with Crippen LogP contribution in [0, 0.1) is 5.92 Å². The van der Waals surface area contributed by atoms with Gasteiger partial charge in [0.15, 0.2) is 5.79 Å². The molecule has 0 aliphatic carbocycles. The second-order valence-electron chi connectivity index (χ2n) is 5.97. The van der Waals surface area contributed by atoms with Gasteiger partial charge in [-0.2, -0.15) is 0 Å². The van der Waals surface area contributed by atoms with Crippen LogP contribution in [0.2, 0.25) is 0 Å². The Kier molecular flexibility index (Phi) is 3.97. The van der Waals surface area contributed by atoms with E-state index in [0.29, 0.717) is 0 Å². The Morgan fingerprint density at radius 2 is 1.78 bits per heavy atom. The van der Waals surface area contributed by atoms with Gasteiger partial charge in [0.1, 0.15) is 12.2 Å². The van der Waals surface area contributed by atoms with Gasteiger partial charge in [-0.1, -0.05) is 19.8 Å². The van der Waals surface area contributed by atoms with Gasteiger partial charge in [-0.3, -0.25) is 4.79 Å². The predicted molar refractivity (Wildman–Crippen MR) is 67.0 cm³/mol. The third-order valence-corrected chi connectivity index (χ3v) is 3.76. The molecule has 2 heterocycles. The molecule has 4 nitrogen and oxygen atoms in total. The Hall–Kier alpha value is -0.610. The number of hydrogen-bond acceptors (Lipinski definition) is 4. The quantitative estimate of drug-likeness (QED) is 0.625. The average Bonchev–Trinajstić information content (AvgIpc) is 2.58. The van der Waals surface area contributed by atoms with Crippen molar-refractivity contribution < 1.29 is 19.0 Å². The molecule has 0 N–H and O–H groups in total. The maximum atomic E-state index is 11.9. The average molecular weight is 256 g/mol. The third-order valence-electron chi connectivity index (χ3n) is 3.76. The monoisotopic (exact) mass is 256 g/mol. The van der Waals surface area contributed by atoms with E-state index in [4.69, 9.17) is 14.2 Å². The third kappa shape index (κ3) is 3.04. The molecule has 0 aromatic carbocycles. The van der Waals surface area contributed by atoms with Gasteiger partial charge in [-0.05, 0) is 33.6 Å². The summed E-state index contributed by atoms with van der Waals surface area (Å²) in [4.78, 5) is 11.9. The van der Waals surface area contributed by atoms with Crippen LogP contribution in [0.15, 0.2) is 0 Å². The molecule has 0 aromatic rings. The Morgan fingerprint density at radius 1 is 1.11 bits per heavy atom. The molecule has 4 heteroatoms. The highest BCUT2D eigenvalue weighted by Crippen LogP contribution is 2.34. The summed E-state index contributed by atoms with van der Waals surface area (Å²) in [7, 11) is 0. The van der Waals surface area contributed by atoms with Crippen molar-refractivity contribution in [2.24, 2.45) is 5.92 Å². The minimum atomic E-state index is -0.574. The minimum absolute atomic E-state index is 0.0145. The van der Waals surface area contributed by atoms with E-state index in [9.17, 15) is 4.79 Å². The summed E-state index contributed by atoms with van der Waals surface area (Å²) in [6.45, 7) is 7.66. The van der Waals surface area contributed by atoms with Gasteiger partial charge in [-0.25, -0.2) is 0 Å². The Balaban J connectivity index is 2.10. The molecule has 0 radical (unpaired) electrons. The zero-order valence-electron chi connectivity index (χ0n) is 11.8. The molecular formula is C14H24O4. The van der Waals surface area contributed by atoms with Crippen molar-refractivity contribution >= 4 is 5.97 Å². The molecule has 0 spiro atoms. The van der Waals surface area contributed by atoms with Crippen LogP contribution >= 0.6 is 0 Å². The molecule has 2 aliphatic heterocycles. The van der Waals surface area contributed by atoms with E-state index in [1.54, 1.807) is 0 Å². The van der Waals surface area contributed by atoms with Crippen molar-refractivity contribution in [3.8, 4) is 0 Å². The lowest BCUT2D eigenvalue weighted by Gasteiger charge is -2.26. The zero-order valence-corrected chi connectivity index (χ0v) is 11.8. The fourth-order valence-electron chi connectivity index (χ4n) is 2.76. The first kappa shape index (κ1) is 13.8. The number of hydrogen-bond donors (Lipinski definition) is 0. The Morgan fingerprint density at radius 3 is 2.50 bits per heavy atom. The van der Waals surface area contributed by atoms with Crippen LogP contribution in [-0.2, 0) is 19.0 Å². The predicted octanol–water partition coefficient (Wildman–Crippen LogP) is 2.65. The minimum Gasteiger partial charge on any atom is -0.460 e. The molecule has 18 heavy (non-hydrogen) atoms. The van der Waals surface area contributed by atoms with Gasteiger partial charge >= 0.3 is 5.97 Å².